The number of rotatable bonds is 3. The first-order chi connectivity index (χ1) is 8.69. The highest BCUT2D eigenvalue weighted by molar-refractivity contribution is 5.73. The van der Waals surface area contributed by atoms with Gasteiger partial charge >= 0.3 is 5.97 Å². The Morgan fingerprint density at radius 3 is 2.44 bits per heavy atom. The van der Waals surface area contributed by atoms with Crippen LogP contribution in [0.5, 0.6) is 0 Å². The molecule has 0 aromatic heterocycles. The topological polar surface area (TPSA) is 26.3 Å². The molecule has 0 saturated heterocycles. The van der Waals surface area contributed by atoms with Crippen LogP contribution in [0.25, 0.3) is 11.1 Å². The fourth-order valence-corrected chi connectivity index (χ4v) is 1.72. The second-order valence-electron chi connectivity index (χ2n) is 3.96. The number of ether oxygens (including phenoxy) is 1. The Labute approximate surface area is 105 Å². The molecule has 3 heteroatoms. The van der Waals surface area contributed by atoms with Crippen LogP contribution in [-0.4, -0.2) is 13.1 Å². The average Bonchev–Trinajstić information content (AvgIpc) is 2.39. The first kappa shape index (κ1) is 12.3. The van der Waals surface area contributed by atoms with Crippen molar-refractivity contribution >= 4 is 5.97 Å². The summed E-state index contributed by atoms with van der Waals surface area (Å²) in [5.74, 6) is -0.528. The van der Waals surface area contributed by atoms with Gasteiger partial charge in [-0.05, 0) is 28.8 Å². The minimum atomic E-state index is -0.270. The molecule has 0 atom stereocenters. The van der Waals surface area contributed by atoms with Crippen molar-refractivity contribution in [3.05, 3.63) is 59.9 Å². The fourth-order valence-electron chi connectivity index (χ4n) is 1.72. The standard InChI is InChI=1S/C15H13FO2/c1-18-15(17)9-11-5-7-12(8-6-11)13-3-2-4-14(16)10-13/h2-8,10H,9H2,1H3. The molecule has 0 radical (unpaired) electrons. The molecule has 0 aliphatic carbocycles. The molecule has 0 aliphatic heterocycles. The van der Waals surface area contributed by atoms with E-state index >= 15 is 0 Å². The van der Waals surface area contributed by atoms with E-state index in [0.717, 1.165) is 16.7 Å². The molecule has 2 rings (SSSR count). The third-order valence-corrected chi connectivity index (χ3v) is 2.69. The molecular formula is C15H13FO2. The van der Waals surface area contributed by atoms with Gasteiger partial charge in [0.05, 0.1) is 13.5 Å². The molecule has 0 heterocycles. The van der Waals surface area contributed by atoms with Crippen molar-refractivity contribution < 1.29 is 13.9 Å². The zero-order valence-electron chi connectivity index (χ0n) is 10.0. The van der Waals surface area contributed by atoms with Crippen LogP contribution in [0.2, 0.25) is 0 Å². The summed E-state index contributed by atoms with van der Waals surface area (Å²) in [5.41, 5.74) is 2.62. The van der Waals surface area contributed by atoms with Gasteiger partial charge in [0.15, 0.2) is 0 Å². The van der Waals surface area contributed by atoms with Gasteiger partial charge < -0.3 is 4.74 Å². The molecule has 2 aromatic rings. The molecule has 2 nitrogen and oxygen atoms in total. The molecule has 0 fully saturated rings. The fraction of sp³-hybridized carbons (Fsp3) is 0.133. The van der Waals surface area contributed by atoms with Crippen LogP contribution >= 0.6 is 0 Å². The largest absolute Gasteiger partial charge is 0.469 e. The molecule has 0 amide bonds. The van der Waals surface area contributed by atoms with Crippen molar-refractivity contribution in [1.29, 1.82) is 0 Å². The number of carbonyl (C=O) groups excluding carboxylic acids is 1. The minimum Gasteiger partial charge on any atom is -0.469 e. The molecule has 2 aromatic carbocycles. The van der Waals surface area contributed by atoms with E-state index in [2.05, 4.69) is 4.74 Å². The van der Waals surface area contributed by atoms with Crippen LogP contribution in [-0.2, 0) is 16.0 Å². The Balaban J connectivity index is 2.19. The van der Waals surface area contributed by atoms with Gasteiger partial charge in [-0.1, -0.05) is 36.4 Å². The molecular weight excluding hydrogens is 231 g/mol. The van der Waals surface area contributed by atoms with E-state index in [1.165, 1.54) is 19.2 Å². The number of hydrogen-bond acceptors (Lipinski definition) is 2. The lowest BCUT2D eigenvalue weighted by molar-refractivity contribution is -0.139. The Bertz CT molecular complexity index is 547. The summed E-state index contributed by atoms with van der Waals surface area (Å²) >= 11 is 0. The third kappa shape index (κ3) is 2.94. The Hall–Kier alpha value is -2.16. The monoisotopic (exact) mass is 244 g/mol. The highest BCUT2D eigenvalue weighted by Crippen LogP contribution is 2.20. The first-order valence-corrected chi connectivity index (χ1v) is 5.61. The zero-order chi connectivity index (χ0) is 13.0. The third-order valence-electron chi connectivity index (χ3n) is 2.69. The van der Waals surface area contributed by atoms with Gasteiger partial charge in [-0.3, -0.25) is 4.79 Å². The van der Waals surface area contributed by atoms with Gasteiger partial charge in [0, 0.05) is 0 Å². The second kappa shape index (κ2) is 5.45. The molecule has 0 spiro atoms. The summed E-state index contributed by atoms with van der Waals surface area (Å²) in [4.78, 5) is 11.1. The molecule has 92 valence electrons. The van der Waals surface area contributed by atoms with Crippen LogP contribution in [0.1, 0.15) is 5.56 Å². The van der Waals surface area contributed by atoms with E-state index in [1.54, 1.807) is 6.07 Å². The van der Waals surface area contributed by atoms with E-state index in [1.807, 2.05) is 30.3 Å². The molecule has 0 unspecified atom stereocenters. The maximum absolute atomic E-state index is 13.1. The van der Waals surface area contributed by atoms with E-state index in [9.17, 15) is 9.18 Å². The summed E-state index contributed by atoms with van der Waals surface area (Å²) in [5, 5.41) is 0. The second-order valence-corrected chi connectivity index (χ2v) is 3.96. The van der Waals surface area contributed by atoms with Crippen molar-refractivity contribution in [3.8, 4) is 11.1 Å². The van der Waals surface area contributed by atoms with E-state index in [0.29, 0.717) is 0 Å². The zero-order valence-corrected chi connectivity index (χ0v) is 10.0. The molecule has 0 aliphatic rings. The molecule has 0 bridgehead atoms. The van der Waals surface area contributed by atoms with Crippen LogP contribution < -0.4 is 0 Å². The van der Waals surface area contributed by atoms with E-state index < -0.39 is 0 Å². The summed E-state index contributed by atoms with van der Waals surface area (Å²) in [6.07, 6.45) is 0.250. The van der Waals surface area contributed by atoms with Crippen LogP contribution in [0, 0.1) is 5.82 Å². The van der Waals surface area contributed by atoms with Crippen LogP contribution in [0.3, 0.4) is 0 Å². The summed E-state index contributed by atoms with van der Waals surface area (Å²) in [6.45, 7) is 0. The Kier molecular flexibility index (Phi) is 3.72. The normalized spacial score (nSPS) is 10.1. The highest BCUT2D eigenvalue weighted by atomic mass is 19.1. The quantitative estimate of drug-likeness (QED) is 0.775. The highest BCUT2D eigenvalue weighted by Gasteiger charge is 2.03. The number of halogens is 1. The van der Waals surface area contributed by atoms with Crippen molar-refractivity contribution in [2.45, 2.75) is 6.42 Å². The SMILES string of the molecule is COC(=O)Cc1ccc(-c2cccc(F)c2)cc1. The lowest BCUT2D eigenvalue weighted by atomic mass is 10.0. The van der Waals surface area contributed by atoms with Gasteiger partial charge in [0.2, 0.25) is 0 Å². The van der Waals surface area contributed by atoms with Crippen molar-refractivity contribution in [2.24, 2.45) is 0 Å². The Morgan fingerprint density at radius 2 is 1.83 bits per heavy atom. The number of benzene rings is 2. The first-order valence-electron chi connectivity index (χ1n) is 5.61. The minimum absolute atomic E-state index is 0.250. The predicted molar refractivity (Wildman–Crippen MR) is 67.6 cm³/mol. The van der Waals surface area contributed by atoms with E-state index in [4.69, 9.17) is 0 Å². The molecule has 0 saturated carbocycles. The molecule has 0 N–H and O–H groups in total. The van der Waals surface area contributed by atoms with Gasteiger partial charge in [-0.15, -0.1) is 0 Å². The lowest BCUT2D eigenvalue weighted by Crippen LogP contribution is -2.04. The predicted octanol–water partition coefficient (Wildman–Crippen LogP) is 3.21. The van der Waals surface area contributed by atoms with E-state index in [-0.39, 0.29) is 18.2 Å². The summed E-state index contributed by atoms with van der Waals surface area (Å²) < 4.78 is 17.7. The van der Waals surface area contributed by atoms with Crippen molar-refractivity contribution in [3.63, 3.8) is 0 Å². The van der Waals surface area contributed by atoms with Gasteiger partial charge in [-0.25, -0.2) is 4.39 Å². The van der Waals surface area contributed by atoms with Crippen LogP contribution in [0.15, 0.2) is 48.5 Å². The number of hydrogen-bond donors (Lipinski definition) is 0. The number of esters is 1. The maximum atomic E-state index is 13.1. The van der Waals surface area contributed by atoms with Gasteiger partial charge in [0.25, 0.3) is 0 Å². The number of carbonyl (C=O) groups is 1. The van der Waals surface area contributed by atoms with Crippen molar-refractivity contribution in [1.82, 2.24) is 0 Å². The summed E-state index contributed by atoms with van der Waals surface area (Å²) in [6, 6.07) is 13.8. The molecule has 18 heavy (non-hydrogen) atoms. The number of methoxy groups -OCH3 is 1. The smallest absolute Gasteiger partial charge is 0.309 e. The Morgan fingerprint density at radius 1 is 1.11 bits per heavy atom. The van der Waals surface area contributed by atoms with Crippen molar-refractivity contribution in [2.75, 3.05) is 7.11 Å². The van der Waals surface area contributed by atoms with Gasteiger partial charge in [0.1, 0.15) is 5.82 Å². The maximum Gasteiger partial charge on any atom is 0.309 e. The van der Waals surface area contributed by atoms with Gasteiger partial charge in [-0.2, -0.15) is 0 Å². The summed E-state index contributed by atoms with van der Waals surface area (Å²) in [7, 11) is 1.36. The van der Waals surface area contributed by atoms with Crippen LogP contribution in [0.4, 0.5) is 4.39 Å². The lowest BCUT2D eigenvalue weighted by Gasteiger charge is -2.04. The average molecular weight is 244 g/mol.